The number of ketones is 1. The van der Waals surface area contributed by atoms with Gasteiger partial charge in [-0.05, 0) is 56.2 Å². The molecule has 1 aliphatic heterocycles. The first-order valence-electron chi connectivity index (χ1n) is 9.77. The molecule has 0 spiro atoms. The molecule has 1 unspecified atom stereocenters. The number of rotatable bonds is 10. The molecule has 1 atom stereocenters. The van der Waals surface area contributed by atoms with Crippen molar-refractivity contribution in [2.24, 2.45) is 5.73 Å². The minimum atomic E-state index is -0.713. The molecule has 3 rings (SSSR count). The molecule has 8 nitrogen and oxygen atoms in total. The van der Waals surface area contributed by atoms with E-state index in [1.807, 2.05) is 19.0 Å². The van der Waals surface area contributed by atoms with Crippen LogP contribution in [0.15, 0.2) is 53.1 Å². The van der Waals surface area contributed by atoms with Gasteiger partial charge in [0, 0.05) is 6.54 Å². The van der Waals surface area contributed by atoms with Crippen molar-refractivity contribution in [1.29, 1.82) is 0 Å². The van der Waals surface area contributed by atoms with Gasteiger partial charge in [-0.2, -0.15) is 0 Å². The summed E-state index contributed by atoms with van der Waals surface area (Å²) in [5.41, 5.74) is 5.84. The first kappa shape index (κ1) is 22.5. The number of aliphatic hydroxyl groups excluding tert-OH is 1. The van der Waals surface area contributed by atoms with Gasteiger partial charge >= 0.3 is 0 Å². The first-order chi connectivity index (χ1) is 14.8. The number of aliphatic hydroxyl groups is 1. The summed E-state index contributed by atoms with van der Waals surface area (Å²) in [6, 6.07) is 9.42. The zero-order chi connectivity index (χ0) is 22.5. The lowest BCUT2D eigenvalue weighted by molar-refractivity contribution is -0.129. The molecule has 0 aliphatic carbocycles. The van der Waals surface area contributed by atoms with Crippen LogP contribution in [0, 0.1) is 0 Å². The number of hydrogen-bond donors (Lipinski definition) is 2. The molecule has 2 heterocycles. The van der Waals surface area contributed by atoms with E-state index in [0.717, 1.165) is 6.54 Å². The fourth-order valence-corrected chi connectivity index (χ4v) is 4.14. The molecule has 1 aromatic carbocycles. The van der Waals surface area contributed by atoms with Crippen LogP contribution in [-0.2, 0) is 9.59 Å². The Bertz CT molecular complexity index is 983. The molecule has 9 heteroatoms. The summed E-state index contributed by atoms with van der Waals surface area (Å²) < 4.78 is 5.29. The third-order valence-electron chi connectivity index (χ3n) is 4.87. The topological polar surface area (TPSA) is 113 Å². The van der Waals surface area contributed by atoms with Gasteiger partial charge in [-0.25, -0.2) is 0 Å². The Labute approximate surface area is 184 Å². The minimum absolute atomic E-state index is 0.0723. The van der Waals surface area contributed by atoms with E-state index >= 15 is 0 Å². The predicted molar refractivity (Wildman–Crippen MR) is 117 cm³/mol. The highest BCUT2D eigenvalue weighted by Crippen LogP contribution is 2.40. The Morgan fingerprint density at radius 3 is 2.52 bits per heavy atom. The molecule has 0 saturated heterocycles. The van der Waals surface area contributed by atoms with E-state index in [9.17, 15) is 19.5 Å². The highest BCUT2D eigenvalue weighted by Gasteiger charge is 2.43. The van der Waals surface area contributed by atoms with Gasteiger partial charge in [0.1, 0.15) is 5.75 Å². The van der Waals surface area contributed by atoms with Gasteiger partial charge in [-0.1, -0.05) is 18.2 Å². The number of thiophene rings is 1. The van der Waals surface area contributed by atoms with Gasteiger partial charge < -0.3 is 25.4 Å². The van der Waals surface area contributed by atoms with Crippen molar-refractivity contribution in [2.75, 3.05) is 33.8 Å². The second-order valence-electron chi connectivity index (χ2n) is 7.45. The zero-order valence-corrected chi connectivity index (χ0v) is 18.2. The smallest absolute Gasteiger partial charge is 0.290 e. The Balaban J connectivity index is 1.93. The summed E-state index contributed by atoms with van der Waals surface area (Å²) in [5.74, 6) is -1.59. The normalized spacial score (nSPS) is 16.3. The van der Waals surface area contributed by atoms with E-state index in [4.69, 9.17) is 10.5 Å². The van der Waals surface area contributed by atoms with E-state index < -0.39 is 23.6 Å². The average Bonchev–Trinajstić information content (AvgIpc) is 3.35. The molecule has 0 saturated carbocycles. The van der Waals surface area contributed by atoms with Crippen LogP contribution in [0.2, 0.25) is 0 Å². The maximum Gasteiger partial charge on any atom is 0.290 e. The standard InChI is InChI=1S/C22H25N3O5S/c1-24(2)10-4-11-25-19(14-6-8-15(9-7-14)30-13-17(23)26)18(21(28)22(25)29)20(27)16-5-3-12-31-16/h3,5-9,12,19,28H,4,10-11,13H2,1-2H3,(H2,23,26). The second-order valence-corrected chi connectivity index (χ2v) is 8.40. The van der Waals surface area contributed by atoms with E-state index in [1.165, 1.54) is 16.2 Å². The number of Topliss-reactive ketones (excluding diaryl/α,β-unsaturated/α-hetero) is 1. The van der Waals surface area contributed by atoms with Crippen molar-refractivity contribution in [2.45, 2.75) is 12.5 Å². The fourth-order valence-electron chi connectivity index (χ4n) is 3.46. The van der Waals surface area contributed by atoms with Crippen molar-refractivity contribution in [1.82, 2.24) is 9.80 Å². The van der Waals surface area contributed by atoms with Crippen LogP contribution >= 0.6 is 11.3 Å². The molecule has 0 radical (unpaired) electrons. The van der Waals surface area contributed by atoms with Gasteiger partial charge in [0.15, 0.2) is 12.4 Å². The number of ether oxygens (including phenoxy) is 1. The lowest BCUT2D eigenvalue weighted by atomic mass is 9.95. The Kier molecular flexibility index (Phi) is 7.09. The van der Waals surface area contributed by atoms with Crippen LogP contribution in [0.5, 0.6) is 5.75 Å². The summed E-state index contributed by atoms with van der Waals surface area (Å²) in [7, 11) is 3.88. The van der Waals surface area contributed by atoms with E-state index in [-0.39, 0.29) is 18.0 Å². The second kappa shape index (κ2) is 9.76. The number of carbonyl (C=O) groups excluding carboxylic acids is 3. The SMILES string of the molecule is CN(C)CCCN1C(=O)C(O)=C(C(=O)c2cccs2)C1c1ccc(OCC(N)=O)cc1. The number of carbonyl (C=O) groups is 3. The van der Waals surface area contributed by atoms with Crippen LogP contribution in [0.4, 0.5) is 0 Å². The monoisotopic (exact) mass is 443 g/mol. The number of primary amides is 1. The van der Waals surface area contributed by atoms with Crippen LogP contribution in [0.3, 0.4) is 0 Å². The number of hydrogen-bond acceptors (Lipinski definition) is 7. The Morgan fingerprint density at radius 1 is 1.23 bits per heavy atom. The van der Waals surface area contributed by atoms with Crippen molar-refractivity contribution < 1.29 is 24.2 Å². The van der Waals surface area contributed by atoms with Crippen LogP contribution in [0.25, 0.3) is 0 Å². The zero-order valence-electron chi connectivity index (χ0n) is 17.4. The Morgan fingerprint density at radius 2 is 1.94 bits per heavy atom. The highest BCUT2D eigenvalue weighted by atomic mass is 32.1. The molecule has 0 fully saturated rings. The molecule has 2 amide bonds. The number of benzene rings is 1. The van der Waals surface area contributed by atoms with E-state index in [2.05, 4.69) is 0 Å². The van der Waals surface area contributed by atoms with Gasteiger partial charge in [-0.3, -0.25) is 14.4 Å². The van der Waals surface area contributed by atoms with Gasteiger partial charge in [0.25, 0.3) is 11.8 Å². The summed E-state index contributed by atoms with van der Waals surface area (Å²) in [6.45, 7) is 0.888. The van der Waals surface area contributed by atoms with Crippen LogP contribution < -0.4 is 10.5 Å². The van der Waals surface area contributed by atoms with Gasteiger partial charge in [-0.15, -0.1) is 11.3 Å². The molecular weight excluding hydrogens is 418 g/mol. The van der Waals surface area contributed by atoms with Crippen molar-refractivity contribution in [3.8, 4) is 5.75 Å². The van der Waals surface area contributed by atoms with Crippen molar-refractivity contribution in [3.05, 3.63) is 63.6 Å². The van der Waals surface area contributed by atoms with Crippen molar-refractivity contribution in [3.63, 3.8) is 0 Å². The average molecular weight is 444 g/mol. The largest absolute Gasteiger partial charge is 0.503 e. The number of nitrogens with zero attached hydrogens (tertiary/aromatic N) is 2. The predicted octanol–water partition coefficient (Wildman–Crippen LogP) is 2.14. The quantitative estimate of drug-likeness (QED) is 0.544. The molecule has 164 valence electrons. The van der Waals surface area contributed by atoms with Crippen LogP contribution in [0.1, 0.15) is 27.7 Å². The van der Waals surface area contributed by atoms with Crippen molar-refractivity contribution >= 4 is 28.9 Å². The fraction of sp³-hybridized carbons (Fsp3) is 0.318. The summed E-state index contributed by atoms with van der Waals surface area (Å²) in [5, 5.41) is 12.4. The van der Waals surface area contributed by atoms with Gasteiger partial charge in [0.05, 0.1) is 16.5 Å². The maximum absolute atomic E-state index is 13.1. The molecule has 31 heavy (non-hydrogen) atoms. The van der Waals surface area contributed by atoms with E-state index in [1.54, 1.807) is 41.8 Å². The summed E-state index contributed by atoms with van der Waals surface area (Å²) in [4.78, 5) is 40.9. The third-order valence-corrected chi connectivity index (χ3v) is 5.74. The summed E-state index contributed by atoms with van der Waals surface area (Å²) >= 11 is 1.26. The maximum atomic E-state index is 13.1. The minimum Gasteiger partial charge on any atom is -0.503 e. The lowest BCUT2D eigenvalue weighted by Gasteiger charge is -2.27. The first-order valence-corrected chi connectivity index (χ1v) is 10.7. The number of amides is 2. The third kappa shape index (κ3) is 5.12. The molecule has 2 aromatic rings. The lowest BCUT2D eigenvalue weighted by Crippen LogP contribution is -2.33. The molecule has 1 aliphatic rings. The Hall–Kier alpha value is -3.17. The van der Waals surface area contributed by atoms with Gasteiger partial charge in [0.2, 0.25) is 5.78 Å². The molecule has 1 aromatic heterocycles. The summed E-state index contributed by atoms with van der Waals surface area (Å²) in [6.07, 6.45) is 0.683. The highest BCUT2D eigenvalue weighted by molar-refractivity contribution is 7.12. The number of nitrogens with two attached hydrogens (primary N) is 1. The molecule has 0 bridgehead atoms. The molecular formula is C22H25N3O5S. The molecule has 3 N–H and O–H groups in total. The van der Waals surface area contributed by atoms with Crippen LogP contribution in [-0.4, -0.2) is 66.3 Å². The van der Waals surface area contributed by atoms with E-state index in [0.29, 0.717) is 29.2 Å².